The van der Waals surface area contributed by atoms with E-state index in [-0.39, 0.29) is 23.2 Å². The predicted octanol–water partition coefficient (Wildman–Crippen LogP) is 6.45. The molecule has 3 atom stereocenters. The summed E-state index contributed by atoms with van der Waals surface area (Å²) in [6.07, 6.45) is -6.14. The number of aliphatic carboxylic acids is 1. The minimum absolute atomic E-state index is 0.0699. The van der Waals surface area contributed by atoms with E-state index in [1.54, 1.807) is 14.2 Å². The van der Waals surface area contributed by atoms with E-state index in [9.17, 15) is 31.1 Å². The summed E-state index contributed by atoms with van der Waals surface area (Å²) < 4.78 is 81.8. The second kappa shape index (κ2) is 13.3. The lowest BCUT2D eigenvalue weighted by Crippen LogP contribution is -2.54. The van der Waals surface area contributed by atoms with Gasteiger partial charge in [-0.05, 0) is 82.0 Å². The summed E-state index contributed by atoms with van der Waals surface area (Å²) in [5, 5.41) is 12.7. The van der Waals surface area contributed by atoms with Gasteiger partial charge in [0.1, 0.15) is 0 Å². The minimum atomic E-state index is -5.08. The van der Waals surface area contributed by atoms with Gasteiger partial charge in [-0.15, -0.1) is 0 Å². The average molecular weight is 620 g/mol. The Balaban J connectivity index is 0.000000646. The summed E-state index contributed by atoms with van der Waals surface area (Å²) in [6.45, 7) is 5.32. The highest BCUT2D eigenvalue weighted by molar-refractivity contribution is 5.89. The van der Waals surface area contributed by atoms with Crippen molar-refractivity contribution in [3.8, 4) is 11.5 Å². The number of hydrogen-bond acceptors (Lipinski definition) is 5. The lowest BCUT2D eigenvalue weighted by Gasteiger charge is -2.46. The number of nitrogens with zero attached hydrogens (tertiary/aromatic N) is 1. The van der Waals surface area contributed by atoms with Crippen molar-refractivity contribution >= 4 is 17.7 Å². The molecule has 2 aliphatic rings. The molecular formula is C29H35F6N3O5. The van der Waals surface area contributed by atoms with Crippen LogP contribution in [0.2, 0.25) is 0 Å². The first-order chi connectivity index (χ1) is 20.0. The van der Waals surface area contributed by atoms with Gasteiger partial charge in [-0.2, -0.15) is 26.3 Å². The molecule has 1 aliphatic carbocycles. The van der Waals surface area contributed by atoms with Gasteiger partial charge in [-0.25, -0.2) is 9.59 Å². The summed E-state index contributed by atoms with van der Waals surface area (Å²) in [7, 11) is 3.26. The van der Waals surface area contributed by atoms with Crippen LogP contribution in [0, 0.1) is 0 Å². The number of likely N-dealkylation sites (tertiary alicyclic amines) is 1. The number of carboxylic acid groups (broad SMARTS) is 1. The SMILES string of the molecule is COc1ccc([C@@]23CC[C@@H](NC(=O)Nc4cccc(C(F)(F)F)c4)C[C@@H]2N(C(C)C)CC3)cc1OC.O=C(O)C(F)(F)F. The quantitative estimate of drug-likeness (QED) is 0.322. The Labute approximate surface area is 245 Å². The fourth-order valence-corrected chi connectivity index (χ4v) is 5.94. The number of hydrogen-bond donors (Lipinski definition) is 3. The van der Waals surface area contributed by atoms with Gasteiger partial charge in [-0.1, -0.05) is 12.1 Å². The Hall–Kier alpha value is -3.68. The van der Waals surface area contributed by atoms with E-state index < -0.39 is 29.9 Å². The Kier molecular flexibility index (Phi) is 10.5. The molecule has 43 heavy (non-hydrogen) atoms. The molecule has 1 saturated heterocycles. The topological polar surface area (TPSA) is 100 Å². The van der Waals surface area contributed by atoms with Crippen molar-refractivity contribution in [2.24, 2.45) is 0 Å². The number of rotatable bonds is 6. The summed E-state index contributed by atoms with van der Waals surface area (Å²) in [5.41, 5.74) is 0.457. The molecule has 2 aromatic carbocycles. The third kappa shape index (κ3) is 8.03. The lowest BCUT2D eigenvalue weighted by molar-refractivity contribution is -0.192. The van der Waals surface area contributed by atoms with E-state index in [4.69, 9.17) is 19.4 Å². The average Bonchev–Trinajstić information content (AvgIpc) is 3.32. The Bertz CT molecular complexity index is 1290. The maximum absolute atomic E-state index is 13.0. The normalized spacial score (nSPS) is 22.2. The molecule has 2 amide bonds. The summed E-state index contributed by atoms with van der Waals surface area (Å²) >= 11 is 0. The van der Waals surface area contributed by atoms with Crippen LogP contribution in [0.3, 0.4) is 0 Å². The third-order valence-corrected chi connectivity index (χ3v) is 7.95. The zero-order valence-corrected chi connectivity index (χ0v) is 24.1. The first-order valence-corrected chi connectivity index (χ1v) is 13.5. The van der Waals surface area contributed by atoms with Crippen molar-refractivity contribution in [2.75, 3.05) is 26.1 Å². The molecule has 1 saturated carbocycles. The number of nitrogens with one attached hydrogen (secondary N) is 2. The number of methoxy groups -OCH3 is 2. The lowest BCUT2D eigenvalue weighted by atomic mass is 9.65. The number of carboxylic acids is 1. The van der Waals surface area contributed by atoms with Gasteiger partial charge in [-0.3, -0.25) is 4.90 Å². The van der Waals surface area contributed by atoms with E-state index in [1.807, 2.05) is 6.07 Å². The summed E-state index contributed by atoms with van der Waals surface area (Å²) in [6, 6.07) is 10.8. The first kappa shape index (κ1) is 33.8. The number of carbonyl (C=O) groups excluding carboxylic acids is 1. The van der Waals surface area contributed by atoms with Crippen LogP contribution < -0.4 is 20.1 Å². The third-order valence-electron chi connectivity index (χ3n) is 7.95. The van der Waals surface area contributed by atoms with E-state index in [1.165, 1.54) is 17.7 Å². The van der Waals surface area contributed by atoms with Gasteiger partial charge in [0.2, 0.25) is 0 Å². The van der Waals surface area contributed by atoms with E-state index >= 15 is 0 Å². The molecule has 1 aliphatic heterocycles. The van der Waals surface area contributed by atoms with Crippen LogP contribution in [0.5, 0.6) is 11.5 Å². The van der Waals surface area contributed by atoms with E-state index in [2.05, 4.69) is 41.5 Å². The van der Waals surface area contributed by atoms with Crippen molar-refractivity contribution in [1.29, 1.82) is 0 Å². The number of carbonyl (C=O) groups is 2. The number of ether oxygens (including phenoxy) is 2. The fraction of sp³-hybridized carbons (Fsp3) is 0.517. The van der Waals surface area contributed by atoms with E-state index in [0.29, 0.717) is 17.5 Å². The number of benzene rings is 2. The monoisotopic (exact) mass is 619 g/mol. The fourth-order valence-electron chi connectivity index (χ4n) is 5.94. The second-order valence-corrected chi connectivity index (χ2v) is 10.8. The Morgan fingerprint density at radius 3 is 2.21 bits per heavy atom. The van der Waals surface area contributed by atoms with Gasteiger partial charge >= 0.3 is 24.4 Å². The molecule has 0 radical (unpaired) electrons. The predicted molar refractivity (Wildman–Crippen MR) is 146 cm³/mol. The van der Waals surface area contributed by atoms with Gasteiger partial charge in [0.25, 0.3) is 0 Å². The summed E-state index contributed by atoms with van der Waals surface area (Å²) in [5.74, 6) is -1.37. The Morgan fingerprint density at radius 1 is 1.00 bits per heavy atom. The molecule has 238 valence electrons. The van der Waals surface area contributed by atoms with Crippen LogP contribution in [-0.2, 0) is 16.4 Å². The van der Waals surface area contributed by atoms with Crippen LogP contribution in [0.4, 0.5) is 36.8 Å². The molecule has 0 unspecified atom stereocenters. The van der Waals surface area contributed by atoms with Crippen molar-refractivity contribution in [3.05, 3.63) is 53.6 Å². The molecule has 0 spiro atoms. The van der Waals surface area contributed by atoms with Crippen molar-refractivity contribution in [1.82, 2.24) is 10.2 Å². The summed E-state index contributed by atoms with van der Waals surface area (Å²) in [4.78, 5) is 24.1. The molecule has 2 fully saturated rings. The highest BCUT2D eigenvalue weighted by atomic mass is 19.4. The zero-order chi connectivity index (χ0) is 32.2. The van der Waals surface area contributed by atoms with Crippen LogP contribution >= 0.6 is 0 Å². The zero-order valence-electron chi connectivity index (χ0n) is 24.1. The number of anilines is 1. The molecular weight excluding hydrogens is 584 g/mol. The van der Waals surface area contributed by atoms with Gasteiger partial charge in [0.05, 0.1) is 19.8 Å². The highest BCUT2D eigenvalue weighted by Crippen LogP contribution is 2.51. The van der Waals surface area contributed by atoms with Crippen molar-refractivity contribution in [2.45, 2.75) is 75.4 Å². The first-order valence-electron chi connectivity index (χ1n) is 13.5. The van der Waals surface area contributed by atoms with Crippen molar-refractivity contribution < 1.29 is 50.5 Å². The molecule has 2 aromatic rings. The Morgan fingerprint density at radius 2 is 1.65 bits per heavy atom. The number of urea groups is 1. The number of alkyl halides is 6. The molecule has 1 heterocycles. The van der Waals surface area contributed by atoms with Gasteiger partial charge in [0.15, 0.2) is 11.5 Å². The van der Waals surface area contributed by atoms with Crippen LogP contribution in [0.1, 0.15) is 50.7 Å². The number of halogens is 6. The maximum Gasteiger partial charge on any atom is 0.490 e. The molecule has 0 bridgehead atoms. The second-order valence-electron chi connectivity index (χ2n) is 10.8. The van der Waals surface area contributed by atoms with Gasteiger partial charge < -0.3 is 25.2 Å². The van der Waals surface area contributed by atoms with Crippen LogP contribution in [0.15, 0.2) is 42.5 Å². The molecule has 4 rings (SSSR count). The van der Waals surface area contributed by atoms with E-state index in [0.717, 1.165) is 44.4 Å². The molecule has 3 N–H and O–H groups in total. The van der Waals surface area contributed by atoms with Crippen LogP contribution in [0.25, 0.3) is 0 Å². The van der Waals surface area contributed by atoms with Crippen molar-refractivity contribution in [3.63, 3.8) is 0 Å². The molecule has 8 nitrogen and oxygen atoms in total. The molecule has 0 aromatic heterocycles. The van der Waals surface area contributed by atoms with Crippen LogP contribution in [-0.4, -0.2) is 67.1 Å². The maximum atomic E-state index is 13.0. The van der Waals surface area contributed by atoms with Gasteiger partial charge in [0, 0.05) is 29.2 Å². The number of amides is 2. The largest absolute Gasteiger partial charge is 0.493 e. The smallest absolute Gasteiger partial charge is 0.490 e. The minimum Gasteiger partial charge on any atom is -0.493 e. The highest BCUT2D eigenvalue weighted by Gasteiger charge is 2.52. The number of fused-ring (bicyclic) bond motifs is 1. The standard InChI is InChI=1S/C27H34F3N3O3.C2HF3O2/c1-17(2)33-13-12-26(18-8-9-22(35-3)23(15-18)36-4)11-10-21(16-24(26)33)32-25(34)31-20-7-5-6-19(14-20)27(28,29)30;3-2(4,5)1(6)7/h5-9,14-15,17,21,24H,10-13,16H2,1-4H3,(H2,31,32,34);(H,6,7)/t21-,24+,26+;/m1./s1. The molecule has 14 heteroatoms.